The number of imide groups is 1. The van der Waals surface area contributed by atoms with E-state index in [1.165, 1.54) is 24.8 Å². The van der Waals surface area contributed by atoms with Crippen LogP contribution in [0.3, 0.4) is 0 Å². The van der Waals surface area contributed by atoms with E-state index in [0.717, 1.165) is 43.8 Å². The van der Waals surface area contributed by atoms with Gasteiger partial charge in [0, 0.05) is 49.4 Å². The number of ether oxygens (including phenoxy) is 5. The number of carbonyl (C=O) groups is 10. The minimum absolute atomic E-state index is 0.0349. The number of hydrogen-bond acceptors (Lipinski definition) is 16. The summed E-state index contributed by atoms with van der Waals surface area (Å²) in [5.41, 5.74) is 4.32. The van der Waals surface area contributed by atoms with Crippen LogP contribution in [0.5, 0.6) is 5.75 Å². The quantitative estimate of drug-likeness (QED) is 0.0138. The Kier molecular flexibility index (Phi) is 26.6. The largest absolute Gasteiger partial charge is 0.488 e. The molecule has 116 heavy (non-hydrogen) atoms. The smallest absolute Gasteiger partial charge is 0.419 e. The number of likely N-dealkylation sites (tertiary alicyclic amines) is 1. The molecule has 1 saturated heterocycles. The van der Waals surface area contributed by atoms with Crippen molar-refractivity contribution < 1.29 is 71.6 Å². The van der Waals surface area contributed by atoms with Crippen molar-refractivity contribution in [2.75, 3.05) is 20.3 Å². The number of methoxy groups -OCH3 is 1. The van der Waals surface area contributed by atoms with Gasteiger partial charge >= 0.3 is 18.2 Å². The Morgan fingerprint density at radius 3 is 1.58 bits per heavy atom. The third kappa shape index (κ3) is 20.6. The molecule has 25 nitrogen and oxygen atoms in total. The number of hydrogen-bond donors (Lipinski definition) is 6. The molecule has 3 heterocycles. The summed E-state index contributed by atoms with van der Waals surface area (Å²) >= 11 is 0. The molecule has 0 spiro atoms. The van der Waals surface area contributed by atoms with E-state index in [2.05, 4.69) is 31.9 Å². The third-order valence-electron chi connectivity index (χ3n) is 20.1. The summed E-state index contributed by atoms with van der Waals surface area (Å²) in [6.07, 6.45) is 1.99. The van der Waals surface area contributed by atoms with Gasteiger partial charge in [-0.25, -0.2) is 24.3 Å². The van der Waals surface area contributed by atoms with Crippen LogP contribution in [0, 0.1) is 5.92 Å². The molecule has 25 heteroatoms. The molecule has 608 valence electrons. The van der Waals surface area contributed by atoms with Crippen molar-refractivity contribution in [3.05, 3.63) is 251 Å². The van der Waals surface area contributed by atoms with Gasteiger partial charge in [0.1, 0.15) is 71.4 Å². The zero-order valence-electron chi connectivity index (χ0n) is 67.9. The number of aromatic nitrogens is 3. The van der Waals surface area contributed by atoms with E-state index >= 15 is 19.2 Å². The molecule has 7 aromatic carbocycles. The number of imidazole rings is 1. The number of carbonyl (C=O) groups excluding carboxylic acids is 10. The van der Waals surface area contributed by atoms with E-state index < -0.39 is 143 Å². The number of fused-ring (bicyclic) bond motifs is 4. The first kappa shape index (κ1) is 84.7. The van der Waals surface area contributed by atoms with Crippen LogP contribution < -0.4 is 36.6 Å². The van der Waals surface area contributed by atoms with Gasteiger partial charge in [-0.05, 0) is 156 Å². The Morgan fingerprint density at radius 1 is 0.517 bits per heavy atom. The van der Waals surface area contributed by atoms with Gasteiger partial charge in [-0.3, -0.25) is 38.1 Å². The third-order valence-corrected chi connectivity index (χ3v) is 20.1. The van der Waals surface area contributed by atoms with E-state index in [9.17, 15) is 28.8 Å². The SMILES string of the molecule is COC(=O)[C@H](CC(C)C)NC(=O)[C@@H](C)NC(=O)[C@H](Cc1ccc(OC(C)(C)C)cc1)NC(=O)[C@H](COC(C)(C)C)NC(=O)[C@H](Cc1cn(C(=O)OC(C)(C)C)c2ccccc12)NC(=O)[C@H](Cc1cn(C(c2ccccc2)(c2ccccc2)c2ccccc2)cn1)NC(=O)[C@@H]1CCC(=O)N1C(=O)OCC1c2ccccc2-c2ccccc21. The van der Waals surface area contributed by atoms with Crippen LogP contribution in [0.15, 0.2) is 207 Å². The molecule has 8 amide bonds. The number of nitrogens with zero attached hydrogens (tertiary/aromatic N) is 4. The number of nitrogens with one attached hydrogen (secondary N) is 6. The Balaban J connectivity index is 0.969. The standard InChI is InChI=1S/C91H104N10O15/c1-56(2)47-74(85(109)112-13)97-79(103)57(3)93-80(104)71(48-58-41-43-64(44-42-58)115-89(7,8)9)94-83(107)75(54-114-88(4,5)6)98-81(105)72(49-59-51-100(86(110)116-90(10,11)12)76-40-28-27-35-65(59)76)95-82(106)73(50-63-52-99(55-92-63)91(60-29-17-14-18-30-60,61-31-19-15-20-32-61)62-33-21-16-22-34-62)96-84(108)77-45-46-78(102)101(77)87(111)113-53-70-68-38-25-23-36-66(68)67-37-24-26-39-69(67)70/h14-44,51-52,55-57,70-75,77H,45-50,53-54H2,1-13H3,(H,93,104)(H,94,107)(H,95,106)(H,96,108)(H,97,103)(H,98,105)/t57-,71+,72+,73+,74+,75+,77+/m1/s1. The van der Waals surface area contributed by atoms with Crippen molar-refractivity contribution in [1.82, 2.24) is 50.9 Å². The highest BCUT2D eigenvalue weighted by molar-refractivity contribution is 6.03. The first-order chi connectivity index (χ1) is 55.2. The van der Waals surface area contributed by atoms with E-state index in [1.807, 2.05) is 179 Å². The first-order valence-corrected chi connectivity index (χ1v) is 39.2. The van der Waals surface area contributed by atoms with E-state index in [-0.39, 0.29) is 50.3 Å². The van der Waals surface area contributed by atoms with E-state index in [1.54, 1.807) is 103 Å². The maximum atomic E-state index is 16.2. The van der Waals surface area contributed by atoms with Crippen molar-refractivity contribution in [2.24, 2.45) is 5.92 Å². The summed E-state index contributed by atoms with van der Waals surface area (Å²) in [6, 6.07) is 48.3. The Hall–Kier alpha value is -12.3. The Morgan fingerprint density at radius 2 is 1.03 bits per heavy atom. The summed E-state index contributed by atoms with van der Waals surface area (Å²) in [5, 5.41) is 17.3. The van der Waals surface area contributed by atoms with Gasteiger partial charge in [0.05, 0.1) is 36.9 Å². The highest BCUT2D eigenvalue weighted by Crippen LogP contribution is 2.45. The average Bonchev–Trinajstić information content (AvgIpc) is 0.931. The molecule has 11 rings (SSSR count). The van der Waals surface area contributed by atoms with Crippen molar-refractivity contribution in [2.45, 2.75) is 192 Å². The van der Waals surface area contributed by atoms with Crippen LogP contribution in [-0.4, -0.2) is 158 Å². The fourth-order valence-corrected chi connectivity index (χ4v) is 14.8. The summed E-state index contributed by atoms with van der Waals surface area (Å²) in [7, 11) is 1.20. The molecule has 1 aliphatic carbocycles. The van der Waals surface area contributed by atoms with Gasteiger partial charge < -0.3 is 60.2 Å². The summed E-state index contributed by atoms with van der Waals surface area (Å²) in [5.74, 6) is -6.61. The van der Waals surface area contributed by atoms with Crippen molar-refractivity contribution in [3.63, 3.8) is 0 Å². The van der Waals surface area contributed by atoms with Crippen molar-refractivity contribution in [3.8, 4) is 16.9 Å². The number of benzene rings is 7. The highest BCUT2D eigenvalue weighted by Gasteiger charge is 2.45. The summed E-state index contributed by atoms with van der Waals surface area (Å²) in [4.78, 5) is 153. The van der Waals surface area contributed by atoms with Crippen molar-refractivity contribution in [1.29, 1.82) is 0 Å². The lowest BCUT2D eigenvalue weighted by Gasteiger charge is -2.37. The molecule has 7 atom stereocenters. The zero-order valence-corrected chi connectivity index (χ0v) is 67.9. The van der Waals surface area contributed by atoms with Gasteiger partial charge in [0.25, 0.3) is 0 Å². The normalized spacial score (nSPS) is 15.2. The van der Waals surface area contributed by atoms with Crippen LogP contribution in [0.25, 0.3) is 22.0 Å². The lowest BCUT2D eigenvalue weighted by Crippen LogP contribution is -2.61. The maximum Gasteiger partial charge on any atom is 0.419 e. The average molecular weight is 1580 g/mol. The number of amides is 8. The van der Waals surface area contributed by atoms with Crippen molar-refractivity contribution >= 4 is 70.4 Å². The van der Waals surface area contributed by atoms with Crippen LogP contribution in [-0.2, 0) is 82.1 Å². The number of rotatable bonds is 30. The van der Waals surface area contributed by atoms with Gasteiger partial charge in [-0.15, -0.1) is 0 Å². The zero-order chi connectivity index (χ0) is 83.4. The monoisotopic (exact) mass is 1580 g/mol. The second-order valence-corrected chi connectivity index (χ2v) is 32.8. The molecule has 6 N–H and O–H groups in total. The molecule has 1 fully saturated rings. The van der Waals surface area contributed by atoms with E-state index in [4.69, 9.17) is 28.7 Å². The van der Waals surface area contributed by atoms with Gasteiger partial charge in [-0.1, -0.05) is 184 Å². The Labute approximate surface area is 676 Å². The lowest BCUT2D eigenvalue weighted by molar-refractivity contribution is -0.146. The maximum absolute atomic E-state index is 16.2. The predicted octanol–water partition coefficient (Wildman–Crippen LogP) is 11.6. The second-order valence-electron chi connectivity index (χ2n) is 32.8. The second kappa shape index (κ2) is 36.5. The molecular weight excluding hydrogens is 1470 g/mol. The summed E-state index contributed by atoms with van der Waals surface area (Å²) in [6.45, 7) is 20.5. The van der Waals surface area contributed by atoms with Crippen LogP contribution in [0.2, 0.25) is 0 Å². The molecule has 2 aromatic heterocycles. The van der Waals surface area contributed by atoms with Gasteiger partial charge in [0.15, 0.2) is 0 Å². The topological polar surface area (TPSA) is 315 Å². The minimum Gasteiger partial charge on any atom is -0.488 e. The van der Waals surface area contributed by atoms with Gasteiger partial charge in [0.2, 0.25) is 41.4 Å². The molecule has 0 saturated carbocycles. The fraction of sp³-hybridized carbons (Fsp3) is 0.374. The molecular formula is C91H104N10O15. The first-order valence-electron chi connectivity index (χ1n) is 39.2. The number of para-hydroxylation sites is 1. The molecule has 0 radical (unpaired) electrons. The molecule has 0 unspecified atom stereocenters. The Bertz CT molecular complexity index is 4880. The van der Waals surface area contributed by atoms with Crippen LogP contribution >= 0.6 is 0 Å². The fourth-order valence-electron chi connectivity index (χ4n) is 14.8. The lowest BCUT2D eigenvalue weighted by atomic mass is 9.77. The van der Waals surface area contributed by atoms with Gasteiger partial charge in [-0.2, -0.15) is 0 Å². The molecule has 0 bridgehead atoms. The minimum atomic E-state index is -1.72. The summed E-state index contributed by atoms with van der Waals surface area (Å²) < 4.78 is 32.5. The van der Waals surface area contributed by atoms with Crippen LogP contribution in [0.1, 0.15) is 153 Å². The van der Waals surface area contributed by atoms with Crippen LogP contribution in [0.4, 0.5) is 9.59 Å². The number of esters is 1. The highest BCUT2D eigenvalue weighted by atomic mass is 16.6. The molecule has 1 aliphatic heterocycles. The predicted molar refractivity (Wildman–Crippen MR) is 438 cm³/mol. The van der Waals surface area contributed by atoms with E-state index in [0.29, 0.717) is 27.8 Å². The molecule has 9 aromatic rings. The molecule has 2 aliphatic rings.